The van der Waals surface area contributed by atoms with Gasteiger partial charge in [-0.2, -0.15) is 16.8 Å². The summed E-state index contributed by atoms with van der Waals surface area (Å²) in [5.41, 5.74) is -6.63. The van der Waals surface area contributed by atoms with Crippen LogP contribution >= 0.6 is 0 Å². The third-order valence-corrected chi connectivity index (χ3v) is 4.38. The molecule has 5 nitrogen and oxygen atoms in total. The summed E-state index contributed by atoms with van der Waals surface area (Å²) in [6.07, 6.45) is -3.27. The molecule has 0 bridgehead atoms. The summed E-state index contributed by atoms with van der Waals surface area (Å²) in [6.45, 7) is 0. The lowest BCUT2D eigenvalue weighted by molar-refractivity contribution is 0.139. The number of rotatable bonds is 0. The highest BCUT2D eigenvalue weighted by Crippen LogP contribution is 2.30. The molecular weight excluding hydrogens is 237 g/mol. The van der Waals surface area contributed by atoms with Crippen LogP contribution in [0, 0.1) is 0 Å². The molecule has 0 aromatic carbocycles. The van der Waals surface area contributed by atoms with Gasteiger partial charge in [0, 0.05) is 0 Å². The van der Waals surface area contributed by atoms with Crippen LogP contribution in [0.2, 0.25) is 0 Å². The van der Waals surface area contributed by atoms with Crippen LogP contribution in [0.4, 0.5) is 13.2 Å². The van der Waals surface area contributed by atoms with Gasteiger partial charge in [-0.15, -0.1) is 3.63 Å². The number of halogens is 3. The van der Waals surface area contributed by atoms with Crippen LogP contribution in [0.5, 0.6) is 0 Å². The maximum Gasteiger partial charge on any atom is 0.317 e. The summed E-state index contributed by atoms with van der Waals surface area (Å²) in [4.78, 5) is 0. The van der Waals surface area contributed by atoms with Gasteiger partial charge in [0.1, 0.15) is 0 Å². The molecule has 0 saturated carbocycles. The van der Waals surface area contributed by atoms with Crippen LogP contribution in [0.1, 0.15) is 0 Å². The van der Waals surface area contributed by atoms with Gasteiger partial charge in [0.15, 0.2) is 6.17 Å². The zero-order chi connectivity index (χ0) is 10.4. The van der Waals surface area contributed by atoms with Gasteiger partial charge in [0.05, 0.1) is 0 Å². The van der Waals surface area contributed by atoms with E-state index in [0.717, 1.165) is 0 Å². The third-order valence-electron chi connectivity index (χ3n) is 1.24. The van der Waals surface area contributed by atoms with Crippen molar-refractivity contribution in [3.63, 3.8) is 0 Å². The summed E-state index contributed by atoms with van der Waals surface area (Å²) in [6, 6.07) is 0. The second-order valence-corrected chi connectivity index (χ2v) is 5.62. The highest BCUT2D eigenvalue weighted by Gasteiger charge is 2.54. The van der Waals surface area contributed by atoms with Gasteiger partial charge in [-0.1, -0.05) is 0 Å². The molecule has 1 fully saturated rings. The van der Waals surface area contributed by atoms with Gasteiger partial charge in [-0.05, 0) is 0 Å². The summed E-state index contributed by atoms with van der Waals surface area (Å²) < 4.78 is 81.7. The Morgan fingerprint density at radius 2 is 1.15 bits per heavy atom. The topological polar surface area (TPSA) is 77.5 Å². The zero-order valence-electron chi connectivity index (χ0n) is 5.72. The molecule has 0 aromatic rings. The van der Waals surface area contributed by atoms with E-state index in [9.17, 15) is 30.0 Å². The van der Waals surface area contributed by atoms with Crippen LogP contribution in [0.3, 0.4) is 0 Å². The molecule has 0 N–H and O–H groups in total. The first-order valence-corrected chi connectivity index (χ1v) is 5.74. The fourth-order valence-corrected chi connectivity index (χ4v) is 3.31. The van der Waals surface area contributed by atoms with Crippen molar-refractivity contribution >= 4 is 20.2 Å². The molecule has 1 aliphatic heterocycles. The van der Waals surface area contributed by atoms with Crippen LogP contribution in [0.15, 0.2) is 0 Å². The predicted octanol–water partition coefficient (Wildman–Crippen LogP) is -0.394. The van der Waals surface area contributed by atoms with Crippen molar-refractivity contribution in [1.29, 1.82) is 0 Å². The highest BCUT2D eigenvalue weighted by atomic mass is 32.3. The van der Waals surface area contributed by atoms with E-state index < -0.39 is 37.4 Å². The fraction of sp³-hybridized carbons (Fsp3) is 1.00. The Bertz CT molecular complexity index is 361. The largest absolute Gasteiger partial charge is 0.317 e. The minimum absolute atomic E-state index is 3.11. The van der Waals surface area contributed by atoms with Gasteiger partial charge < -0.3 is 0 Å². The van der Waals surface area contributed by atoms with Crippen LogP contribution in [-0.4, -0.2) is 34.0 Å². The first kappa shape index (κ1) is 10.7. The van der Waals surface area contributed by atoms with Crippen molar-refractivity contribution < 1.29 is 33.6 Å². The molecule has 1 rings (SSSR count). The Kier molecular flexibility index (Phi) is 2.33. The second-order valence-electron chi connectivity index (χ2n) is 2.20. The summed E-state index contributed by atoms with van der Waals surface area (Å²) >= 11 is 0. The molecule has 0 aromatic heterocycles. The Morgan fingerprint density at radius 3 is 1.46 bits per heavy atom. The molecule has 2 unspecified atom stereocenters. The number of hydrogen-bond acceptors (Lipinski definition) is 5. The molecule has 0 amide bonds. The molecule has 0 spiro atoms. The SMILES string of the molecule is O=S1(=O)OS(=O)(=O)C(F)C(F)C1F. The minimum Gasteiger partial charge on any atom is -0.238 e. The number of hydrogen-bond donors (Lipinski definition) is 0. The van der Waals surface area contributed by atoms with Gasteiger partial charge in [-0.3, -0.25) is 0 Å². The van der Waals surface area contributed by atoms with E-state index in [4.69, 9.17) is 0 Å². The standard InChI is InChI=1S/C3H3F3O5S2/c4-1-2(5)12(7,8)11-13(9,10)3(1)6/h1-3H. The van der Waals surface area contributed by atoms with Crippen molar-refractivity contribution in [3.8, 4) is 0 Å². The van der Waals surface area contributed by atoms with Gasteiger partial charge in [0.25, 0.3) is 11.0 Å². The molecule has 1 aliphatic rings. The van der Waals surface area contributed by atoms with E-state index in [1.165, 1.54) is 0 Å². The molecule has 78 valence electrons. The van der Waals surface area contributed by atoms with Crippen molar-refractivity contribution in [3.05, 3.63) is 0 Å². The molecular formula is C3H3F3O5S2. The molecule has 1 saturated heterocycles. The Hall–Kier alpha value is -0.350. The van der Waals surface area contributed by atoms with E-state index >= 15 is 0 Å². The lowest BCUT2D eigenvalue weighted by atomic mass is 10.5. The van der Waals surface area contributed by atoms with E-state index in [1.807, 2.05) is 0 Å². The van der Waals surface area contributed by atoms with Crippen molar-refractivity contribution in [2.24, 2.45) is 0 Å². The maximum absolute atomic E-state index is 12.4. The zero-order valence-corrected chi connectivity index (χ0v) is 7.36. The Morgan fingerprint density at radius 1 is 0.846 bits per heavy atom. The molecule has 10 heteroatoms. The second kappa shape index (κ2) is 2.82. The molecule has 2 atom stereocenters. The summed E-state index contributed by atoms with van der Waals surface area (Å²) in [5.74, 6) is 0. The van der Waals surface area contributed by atoms with E-state index in [2.05, 4.69) is 3.63 Å². The Labute approximate surface area is 71.7 Å². The van der Waals surface area contributed by atoms with Crippen molar-refractivity contribution in [2.45, 2.75) is 17.2 Å². The van der Waals surface area contributed by atoms with Gasteiger partial charge >= 0.3 is 20.2 Å². The molecule has 0 aliphatic carbocycles. The average Bonchev–Trinajstić information content (AvgIpc) is 1.96. The highest BCUT2D eigenvalue weighted by molar-refractivity contribution is 8.01. The van der Waals surface area contributed by atoms with E-state index in [-0.39, 0.29) is 0 Å². The first-order chi connectivity index (χ1) is 5.68. The molecule has 1 heterocycles. The third kappa shape index (κ3) is 1.65. The Balaban J connectivity index is 3.23. The molecule has 13 heavy (non-hydrogen) atoms. The summed E-state index contributed by atoms with van der Waals surface area (Å²) in [7, 11) is -10.4. The lowest BCUT2D eigenvalue weighted by Crippen LogP contribution is -2.46. The maximum atomic E-state index is 12.4. The van der Waals surface area contributed by atoms with Gasteiger partial charge in [0.2, 0.25) is 0 Å². The van der Waals surface area contributed by atoms with Crippen LogP contribution in [0.25, 0.3) is 0 Å². The smallest absolute Gasteiger partial charge is 0.238 e. The van der Waals surface area contributed by atoms with E-state index in [1.54, 1.807) is 0 Å². The quantitative estimate of drug-likeness (QED) is 0.576. The van der Waals surface area contributed by atoms with Crippen LogP contribution < -0.4 is 0 Å². The molecule has 0 radical (unpaired) electrons. The monoisotopic (exact) mass is 240 g/mol. The predicted molar refractivity (Wildman–Crippen MR) is 33.6 cm³/mol. The van der Waals surface area contributed by atoms with Crippen molar-refractivity contribution in [2.75, 3.05) is 0 Å². The number of alkyl halides is 3. The minimum atomic E-state index is -5.22. The fourth-order valence-electron chi connectivity index (χ4n) is 0.645. The lowest BCUT2D eigenvalue weighted by Gasteiger charge is -2.22. The van der Waals surface area contributed by atoms with Crippen molar-refractivity contribution in [1.82, 2.24) is 0 Å². The van der Waals surface area contributed by atoms with E-state index in [0.29, 0.717) is 0 Å². The summed E-state index contributed by atoms with van der Waals surface area (Å²) in [5, 5.41) is 0. The normalized spacial score (nSPS) is 42.8. The van der Waals surface area contributed by atoms with Crippen LogP contribution in [-0.2, 0) is 23.9 Å². The average molecular weight is 240 g/mol. The first-order valence-electron chi connectivity index (χ1n) is 2.79. The van der Waals surface area contributed by atoms with Gasteiger partial charge in [-0.25, -0.2) is 13.2 Å².